The molecule has 0 saturated carbocycles. The first-order valence-corrected chi connectivity index (χ1v) is 10.8. The molecule has 1 atom stereocenters. The Balaban J connectivity index is 1.96. The third-order valence-corrected chi connectivity index (χ3v) is 5.78. The van der Waals surface area contributed by atoms with Gasteiger partial charge < -0.3 is 10.2 Å². The quantitative estimate of drug-likeness (QED) is 0.693. The molecule has 1 saturated heterocycles. The van der Waals surface area contributed by atoms with Crippen LogP contribution in [0, 0.1) is 0 Å². The van der Waals surface area contributed by atoms with E-state index in [1.54, 1.807) is 31.2 Å². The van der Waals surface area contributed by atoms with Crippen LogP contribution in [0.4, 0.5) is 5.69 Å². The van der Waals surface area contributed by atoms with Gasteiger partial charge in [0.1, 0.15) is 6.04 Å². The average molecular weight is 388 g/mol. The number of amides is 1. The Morgan fingerprint density at radius 2 is 2.04 bits per heavy atom. The zero-order valence-electron chi connectivity index (χ0n) is 14.7. The molecule has 0 unspecified atom stereocenters. The first-order valence-electron chi connectivity index (χ1n) is 8.54. The van der Waals surface area contributed by atoms with Crippen LogP contribution in [0.15, 0.2) is 24.3 Å². The van der Waals surface area contributed by atoms with Crippen LogP contribution in [-0.2, 0) is 14.8 Å². The van der Waals surface area contributed by atoms with Crippen LogP contribution in [0.5, 0.6) is 0 Å². The zero-order chi connectivity index (χ0) is 18.4. The van der Waals surface area contributed by atoms with Crippen molar-refractivity contribution in [3.05, 3.63) is 29.3 Å². The fourth-order valence-corrected chi connectivity index (χ4v) is 4.44. The van der Waals surface area contributed by atoms with Crippen LogP contribution in [0.1, 0.15) is 26.2 Å². The van der Waals surface area contributed by atoms with E-state index in [9.17, 15) is 13.2 Å². The Kier molecular flexibility index (Phi) is 7.10. The van der Waals surface area contributed by atoms with E-state index in [2.05, 4.69) is 10.2 Å². The van der Waals surface area contributed by atoms with E-state index >= 15 is 0 Å². The highest BCUT2D eigenvalue weighted by atomic mass is 35.5. The monoisotopic (exact) mass is 387 g/mol. The molecule has 0 aliphatic carbocycles. The lowest BCUT2D eigenvalue weighted by molar-refractivity contribution is -0.121. The summed E-state index contributed by atoms with van der Waals surface area (Å²) in [6.07, 6.45) is 4.43. The molecule has 1 amide bonds. The van der Waals surface area contributed by atoms with E-state index in [0.29, 0.717) is 17.3 Å². The van der Waals surface area contributed by atoms with Crippen LogP contribution in [0.2, 0.25) is 5.02 Å². The lowest BCUT2D eigenvalue weighted by Gasteiger charge is -2.28. The van der Waals surface area contributed by atoms with Gasteiger partial charge in [0.15, 0.2) is 0 Å². The Labute approximate surface area is 155 Å². The number of likely N-dealkylation sites (tertiary alicyclic amines) is 1. The molecule has 1 fully saturated rings. The summed E-state index contributed by atoms with van der Waals surface area (Å²) in [6.45, 7) is 5.32. The Morgan fingerprint density at radius 1 is 1.36 bits per heavy atom. The number of hydrogen-bond acceptors (Lipinski definition) is 4. The predicted molar refractivity (Wildman–Crippen MR) is 102 cm³/mol. The van der Waals surface area contributed by atoms with Crippen molar-refractivity contribution >= 4 is 33.2 Å². The SMILES string of the molecule is C[C@@H](C(=O)NCCCN1CCCC1)N(c1cccc(Cl)c1)S(C)(=O)=O. The van der Waals surface area contributed by atoms with Gasteiger partial charge in [0, 0.05) is 11.6 Å². The third-order valence-electron chi connectivity index (χ3n) is 4.30. The van der Waals surface area contributed by atoms with Crippen molar-refractivity contribution in [1.29, 1.82) is 0 Å². The Morgan fingerprint density at radius 3 is 2.64 bits per heavy atom. The molecule has 6 nitrogen and oxygen atoms in total. The fourth-order valence-electron chi connectivity index (χ4n) is 3.09. The van der Waals surface area contributed by atoms with Crippen LogP contribution < -0.4 is 9.62 Å². The predicted octanol–water partition coefficient (Wildman–Crippen LogP) is 2.10. The summed E-state index contributed by atoms with van der Waals surface area (Å²) in [5.41, 5.74) is 0.384. The molecular formula is C17H26ClN3O3S. The summed E-state index contributed by atoms with van der Waals surface area (Å²) in [5, 5.41) is 3.26. The normalized spacial score (nSPS) is 16.6. The minimum Gasteiger partial charge on any atom is -0.354 e. The summed E-state index contributed by atoms with van der Waals surface area (Å²) in [4.78, 5) is 14.8. The standard InChI is InChI=1S/C17H26ClN3O3S/c1-14(17(22)19-9-6-12-20-10-3-4-11-20)21(25(2,23)24)16-8-5-7-15(18)13-16/h5,7-8,13-14H,3-4,6,9-12H2,1-2H3,(H,19,22)/t14-/m0/s1. The molecule has 1 aromatic carbocycles. The number of carbonyl (C=O) groups excluding carboxylic acids is 1. The fraction of sp³-hybridized carbons (Fsp3) is 0.588. The lowest BCUT2D eigenvalue weighted by Crippen LogP contribution is -2.48. The van der Waals surface area contributed by atoms with Crippen LogP contribution in [-0.4, -0.2) is 57.7 Å². The molecule has 0 radical (unpaired) electrons. The van der Waals surface area contributed by atoms with Gasteiger partial charge in [0.25, 0.3) is 0 Å². The van der Waals surface area contributed by atoms with Gasteiger partial charge in [-0.15, -0.1) is 0 Å². The van der Waals surface area contributed by atoms with E-state index in [0.717, 1.165) is 36.6 Å². The minimum absolute atomic E-state index is 0.313. The first-order chi connectivity index (χ1) is 11.8. The number of nitrogens with zero attached hydrogens (tertiary/aromatic N) is 2. The molecule has 2 rings (SSSR count). The van der Waals surface area contributed by atoms with Crippen molar-refractivity contribution in [1.82, 2.24) is 10.2 Å². The van der Waals surface area contributed by atoms with Gasteiger partial charge in [0.05, 0.1) is 11.9 Å². The topological polar surface area (TPSA) is 69.7 Å². The second kappa shape index (κ2) is 8.87. The van der Waals surface area contributed by atoms with E-state index in [1.165, 1.54) is 12.8 Å². The molecule has 0 aromatic heterocycles. The number of hydrogen-bond donors (Lipinski definition) is 1. The second-order valence-corrected chi connectivity index (χ2v) is 8.70. The van der Waals surface area contributed by atoms with Gasteiger partial charge in [-0.1, -0.05) is 17.7 Å². The molecule has 25 heavy (non-hydrogen) atoms. The van der Waals surface area contributed by atoms with Gasteiger partial charge >= 0.3 is 0 Å². The second-order valence-electron chi connectivity index (χ2n) is 6.41. The molecule has 1 aliphatic rings. The molecule has 0 bridgehead atoms. The number of halogens is 1. The van der Waals surface area contributed by atoms with Gasteiger partial charge in [-0.3, -0.25) is 9.10 Å². The largest absolute Gasteiger partial charge is 0.354 e. The molecule has 1 aromatic rings. The number of sulfonamides is 1. The van der Waals surface area contributed by atoms with Gasteiger partial charge in [-0.25, -0.2) is 8.42 Å². The molecule has 8 heteroatoms. The zero-order valence-corrected chi connectivity index (χ0v) is 16.3. The lowest BCUT2D eigenvalue weighted by atomic mass is 10.2. The highest BCUT2D eigenvalue weighted by Crippen LogP contribution is 2.24. The first kappa shape index (κ1) is 20.0. The number of rotatable bonds is 8. The smallest absolute Gasteiger partial charge is 0.243 e. The summed E-state index contributed by atoms with van der Waals surface area (Å²) in [5.74, 6) is -0.313. The van der Waals surface area contributed by atoms with Crippen LogP contribution in [0.3, 0.4) is 0 Å². The summed E-state index contributed by atoms with van der Waals surface area (Å²) < 4.78 is 25.5. The van der Waals surface area contributed by atoms with Gasteiger partial charge in [-0.2, -0.15) is 0 Å². The molecule has 0 spiro atoms. The number of anilines is 1. The van der Waals surface area contributed by atoms with Crippen molar-refractivity contribution in [2.45, 2.75) is 32.2 Å². The number of benzene rings is 1. The van der Waals surface area contributed by atoms with Crippen molar-refractivity contribution < 1.29 is 13.2 Å². The van der Waals surface area contributed by atoms with Crippen LogP contribution in [0.25, 0.3) is 0 Å². The maximum absolute atomic E-state index is 12.4. The molecular weight excluding hydrogens is 362 g/mol. The van der Waals surface area contributed by atoms with Crippen molar-refractivity contribution in [3.63, 3.8) is 0 Å². The molecule has 1 heterocycles. The number of nitrogens with one attached hydrogen (secondary N) is 1. The van der Waals surface area contributed by atoms with Gasteiger partial charge in [-0.05, 0) is 64.0 Å². The highest BCUT2D eigenvalue weighted by Gasteiger charge is 2.29. The summed E-state index contributed by atoms with van der Waals surface area (Å²) in [7, 11) is -3.62. The van der Waals surface area contributed by atoms with Crippen LogP contribution >= 0.6 is 11.6 Å². The molecule has 1 N–H and O–H groups in total. The van der Waals surface area contributed by atoms with Gasteiger partial charge in [0.2, 0.25) is 15.9 Å². The summed E-state index contributed by atoms with van der Waals surface area (Å²) in [6, 6.07) is 5.65. The average Bonchev–Trinajstić information content (AvgIpc) is 3.03. The van der Waals surface area contributed by atoms with E-state index in [-0.39, 0.29) is 5.91 Å². The molecule has 1 aliphatic heterocycles. The van der Waals surface area contributed by atoms with E-state index in [1.807, 2.05) is 0 Å². The van der Waals surface area contributed by atoms with Crippen molar-refractivity contribution in [3.8, 4) is 0 Å². The Hall–Kier alpha value is -1.31. The maximum atomic E-state index is 12.4. The summed E-state index contributed by atoms with van der Waals surface area (Å²) >= 11 is 5.96. The number of carbonyl (C=O) groups is 1. The maximum Gasteiger partial charge on any atom is 0.243 e. The van der Waals surface area contributed by atoms with E-state index < -0.39 is 16.1 Å². The minimum atomic E-state index is -3.62. The third kappa shape index (κ3) is 5.87. The van der Waals surface area contributed by atoms with Crippen molar-refractivity contribution in [2.24, 2.45) is 0 Å². The van der Waals surface area contributed by atoms with Crippen molar-refractivity contribution in [2.75, 3.05) is 36.7 Å². The van der Waals surface area contributed by atoms with E-state index in [4.69, 9.17) is 11.6 Å². The molecule has 140 valence electrons. The Bertz CT molecular complexity index is 690. The highest BCUT2D eigenvalue weighted by molar-refractivity contribution is 7.92.